The first-order valence-electron chi connectivity index (χ1n) is 8.11. The molecule has 9 heteroatoms. The summed E-state index contributed by atoms with van der Waals surface area (Å²) in [5.74, 6) is -0.369. The van der Waals surface area contributed by atoms with Gasteiger partial charge in [0.1, 0.15) is 0 Å². The minimum atomic E-state index is -0.559. The van der Waals surface area contributed by atoms with Crippen LogP contribution in [0.5, 0.6) is 0 Å². The molecule has 1 aromatic heterocycles. The zero-order valence-corrected chi connectivity index (χ0v) is 14.9. The number of amides is 1. The van der Waals surface area contributed by atoms with E-state index in [-0.39, 0.29) is 5.91 Å². The molecule has 0 radical (unpaired) electrons. The van der Waals surface area contributed by atoms with Crippen LogP contribution in [0.25, 0.3) is 16.5 Å². The average molecular weight is 391 g/mol. The van der Waals surface area contributed by atoms with Gasteiger partial charge in [0.05, 0.1) is 23.0 Å². The monoisotopic (exact) mass is 390 g/mol. The molecule has 3 aromatic carbocycles. The van der Waals surface area contributed by atoms with Gasteiger partial charge in [-0.1, -0.05) is 23.7 Å². The topological polar surface area (TPSA) is 116 Å². The number of carbonyl (C=O) groups excluding carboxylic acids is 1. The number of tetrazole rings is 1. The standard InChI is InChI=1S/C19H11ClN6O2/c20-15-5-6-16(17(9-15)26-19(28)23-24-25-26)22-18(27)14-4-3-12-7-11(10-21)1-2-13(12)8-14/h1-9H,(H,22,27)(H,23,25,28). The van der Waals surface area contributed by atoms with Gasteiger partial charge in [0.15, 0.2) is 0 Å². The largest absolute Gasteiger partial charge is 0.365 e. The smallest absolute Gasteiger partial charge is 0.320 e. The maximum atomic E-state index is 12.7. The lowest BCUT2D eigenvalue weighted by Crippen LogP contribution is -2.19. The Kier molecular flexibility index (Phi) is 4.35. The van der Waals surface area contributed by atoms with Crippen molar-refractivity contribution in [2.45, 2.75) is 0 Å². The third-order valence-corrected chi connectivity index (χ3v) is 4.37. The molecule has 136 valence electrons. The summed E-state index contributed by atoms with van der Waals surface area (Å²) in [6, 6.07) is 17.2. The lowest BCUT2D eigenvalue weighted by molar-refractivity contribution is 0.102. The SMILES string of the molecule is N#Cc1ccc2cc(C(=O)Nc3ccc(Cl)cc3-n3nn[nH]c3=O)ccc2c1. The minimum absolute atomic E-state index is 0.291. The van der Waals surface area contributed by atoms with Crippen LogP contribution in [-0.4, -0.2) is 26.1 Å². The highest BCUT2D eigenvalue weighted by Gasteiger charge is 2.14. The molecule has 0 saturated heterocycles. The molecule has 1 amide bonds. The molecular formula is C19H11ClN6O2. The number of nitriles is 1. The minimum Gasteiger partial charge on any atom is -0.320 e. The van der Waals surface area contributed by atoms with Crippen LogP contribution in [0.4, 0.5) is 5.69 Å². The van der Waals surface area contributed by atoms with Gasteiger partial charge in [0.2, 0.25) is 0 Å². The number of benzene rings is 3. The summed E-state index contributed by atoms with van der Waals surface area (Å²) >= 11 is 6.02. The molecule has 0 aliphatic heterocycles. The van der Waals surface area contributed by atoms with Crippen LogP contribution in [0.15, 0.2) is 59.4 Å². The molecule has 0 aliphatic carbocycles. The number of aromatic nitrogens is 4. The van der Waals surface area contributed by atoms with E-state index in [0.717, 1.165) is 15.5 Å². The summed E-state index contributed by atoms with van der Waals surface area (Å²) in [6.45, 7) is 0. The van der Waals surface area contributed by atoms with E-state index < -0.39 is 5.69 Å². The number of carbonyl (C=O) groups is 1. The van der Waals surface area contributed by atoms with Crippen molar-refractivity contribution in [2.24, 2.45) is 0 Å². The Balaban J connectivity index is 1.69. The predicted octanol–water partition coefficient (Wildman–Crippen LogP) is 2.89. The van der Waals surface area contributed by atoms with Crippen molar-refractivity contribution < 1.29 is 4.79 Å². The number of nitrogens with one attached hydrogen (secondary N) is 2. The summed E-state index contributed by atoms with van der Waals surface area (Å²) in [5, 5.41) is 23.2. The van der Waals surface area contributed by atoms with E-state index >= 15 is 0 Å². The second-order valence-electron chi connectivity index (χ2n) is 5.92. The van der Waals surface area contributed by atoms with Gasteiger partial charge in [-0.25, -0.2) is 9.89 Å². The Morgan fingerprint density at radius 3 is 2.64 bits per heavy atom. The van der Waals surface area contributed by atoms with E-state index in [1.807, 2.05) is 0 Å². The summed E-state index contributed by atoms with van der Waals surface area (Å²) in [4.78, 5) is 24.6. The summed E-state index contributed by atoms with van der Waals surface area (Å²) in [5.41, 5.74) is 1.06. The van der Waals surface area contributed by atoms with Crippen molar-refractivity contribution in [1.29, 1.82) is 5.26 Å². The molecule has 0 spiro atoms. The fraction of sp³-hybridized carbons (Fsp3) is 0. The lowest BCUT2D eigenvalue weighted by Gasteiger charge is -2.11. The quantitative estimate of drug-likeness (QED) is 0.557. The highest BCUT2D eigenvalue weighted by Crippen LogP contribution is 2.24. The van der Waals surface area contributed by atoms with E-state index in [9.17, 15) is 9.59 Å². The molecule has 4 rings (SSSR count). The molecule has 28 heavy (non-hydrogen) atoms. The van der Waals surface area contributed by atoms with Gasteiger partial charge >= 0.3 is 5.69 Å². The molecule has 0 saturated carbocycles. The van der Waals surface area contributed by atoms with Gasteiger partial charge < -0.3 is 5.32 Å². The molecule has 1 heterocycles. The van der Waals surface area contributed by atoms with Crippen LogP contribution in [0.2, 0.25) is 5.02 Å². The van der Waals surface area contributed by atoms with Gasteiger partial charge in [0.25, 0.3) is 5.91 Å². The van der Waals surface area contributed by atoms with Gasteiger partial charge in [0, 0.05) is 10.6 Å². The maximum absolute atomic E-state index is 12.7. The van der Waals surface area contributed by atoms with E-state index in [2.05, 4.69) is 26.9 Å². The van der Waals surface area contributed by atoms with Gasteiger partial charge in [-0.05, 0) is 63.7 Å². The molecule has 0 atom stereocenters. The fourth-order valence-electron chi connectivity index (χ4n) is 2.79. The van der Waals surface area contributed by atoms with E-state index in [1.54, 1.807) is 48.5 Å². The molecular weight excluding hydrogens is 380 g/mol. The Hall–Kier alpha value is -3.96. The molecule has 0 bridgehead atoms. The average Bonchev–Trinajstić information content (AvgIpc) is 3.14. The second-order valence-corrected chi connectivity index (χ2v) is 6.36. The Morgan fingerprint density at radius 2 is 1.89 bits per heavy atom. The van der Waals surface area contributed by atoms with Crippen molar-refractivity contribution in [3.63, 3.8) is 0 Å². The van der Waals surface area contributed by atoms with Crippen molar-refractivity contribution in [1.82, 2.24) is 20.2 Å². The lowest BCUT2D eigenvalue weighted by atomic mass is 10.0. The van der Waals surface area contributed by atoms with Gasteiger partial charge in [-0.15, -0.1) is 0 Å². The van der Waals surface area contributed by atoms with Crippen LogP contribution < -0.4 is 11.0 Å². The highest BCUT2D eigenvalue weighted by atomic mass is 35.5. The zero-order chi connectivity index (χ0) is 19.7. The van der Waals surface area contributed by atoms with E-state index in [1.165, 1.54) is 6.07 Å². The molecule has 0 unspecified atom stereocenters. The number of halogens is 1. The van der Waals surface area contributed by atoms with Gasteiger partial charge in [-0.2, -0.15) is 9.94 Å². The molecule has 0 aliphatic rings. The number of hydrogen-bond donors (Lipinski definition) is 2. The summed E-state index contributed by atoms with van der Waals surface area (Å²) < 4.78 is 1.01. The molecule has 0 fully saturated rings. The van der Waals surface area contributed by atoms with Gasteiger partial charge in [-0.3, -0.25) is 4.79 Å². The predicted molar refractivity (Wildman–Crippen MR) is 104 cm³/mol. The van der Waals surface area contributed by atoms with Crippen LogP contribution in [0, 0.1) is 11.3 Å². The van der Waals surface area contributed by atoms with Crippen molar-refractivity contribution in [3.8, 4) is 11.8 Å². The summed E-state index contributed by atoms with van der Waals surface area (Å²) in [6.07, 6.45) is 0. The third-order valence-electron chi connectivity index (χ3n) is 4.14. The Labute approximate surface area is 163 Å². The van der Waals surface area contributed by atoms with E-state index in [0.29, 0.717) is 27.5 Å². The zero-order valence-electron chi connectivity index (χ0n) is 14.2. The number of H-pyrrole nitrogens is 1. The number of nitrogens with zero attached hydrogens (tertiary/aromatic N) is 4. The van der Waals surface area contributed by atoms with Crippen LogP contribution in [0.1, 0.15) is 15.9 Å². The van der Waals surface area contributed by atoms with Crippen LogP contribution in [-0.2, 0) is 0 Å². The molecule has 8 nitrogen and oxygen atoms in total. The van der Waals surface area contributed by atoms with Crippen LogP contribution >= 0.6 is 11.6 Å². The first-order valence-corrected chi connectivity index (χ1v) is 8.48. The second kappa shape index (κ2) is 6.98. The van der Waals surface area contributed by atoms with Crippen molar-refractivity contribution in [2.75, 3.05) is 5.32 Å². The molecule has 4 aromatic rings. The Bertz CT molecular complexity index is 1320. The number of rotatable bonds is 3. The molecule has 2 N–H and O–H groups in total. The van der Waals surface area contributed by atoms with E-state index in [4.69, 9.17) is 16.9 Å². The fourth-order valence-corrected chi connectivity index (χ4v) is 2.96. The Morgan fingerprint density at radius 1 is 1.11 bits per heavy atom. The normalized spacial score (nSPS) is 10.6. The highest BCUT2D eigenvalue weighted by molar-refractivity contribution is 6.31. The number of anilines is 1. The van der Waals surface area contributed by atoms with Crippen molar-refractivity contribution >= 4 is 34.0 Å². The first kappa shape index (κ1) is 17.5. The number of aromatic amines is 1. The van der Waals surface area contributed by atoms with Crippen molar-refractivity contribution in [3.05, 3.63) is 81.2 Å². The third kappa shape index (κ3) is 3.22. The number of fused-ring (bicyclic) bond motifs is 1. The number of hydrogen-bond acceptors (Lipinski definition) is 5. The maximum Gasteiger partial charge on any atom is 0.365 e. The summed E-state index contributed by atoms with van der Waals surface area (Å²) in [7, 11) is 0. The first-order chi connectivity index (χ1) is 13.5. The van der Waals surface area contributed by atoms with Crippen LogP contribution in [0.3, 0.4) is 0 Å².